The largest absolute Gasteiger partial charge is 0.481 e. The summed E-state index contributed by atoms with van der Waals surface area (Å²) in [5.41, 5.74) is -0.363. The lowest BCUT2D eigenvalue weighted by molar-refractivity contribution is -0.153. The van der Waals surface area contributed by atoms with Crippen molar-refractivity contribution < 1.29 is 19.5 Å². The maximum Gasteiger partial charge on any atom is 0.309 e. The number of anilines is 1. The van der Waals surface area contributed by atoms with Crippen LogP contribution in [0, 0.1) is 17.3 Å². The maximum atomic E-state index is 14.0. The van der Waals surface area contributed by atoms with Crippen molar-refractivity contribution in [2.45, 2.75) is 51.6 Å². The number of rotatable bonds is 6. The number of aliphatic carboxylic acids is 1. The lowest BCUT2D eigenvalue weighted by Crippen LogP contribution is -2.64. The third kappa shape index (κ3) is 4.57. The Labute approximate surface area is 210 Å². The van der Waals surface area contributed by atoms with Crippen LogP contribution in [-0.4, -0.2) is 38.2 Å². The average molecular weight is 487 g/mol. The van der Waals surface area contributed by atoms with E-state index in [1.807, 2.05) is 43.4 Å². The monoisotopic (exact) mass is 486 g/mol. The average Bonchev–Trinajstić information content (AvgIpc) is 3.23. The summed E-state index contributed by atoms with van der Waals surface area (Å²) in [5, 5.41) is 18.1. The van der Waals surface area contributed by atoms with Gasteiger partial charge in [0, 0.05) is 24.7 Å². The normalized spacial score (nSPS) is 21.3. The summed E-state index contributed by atoms with van der Waals surface area (Å²) in [4.78, 5) is 41.3. The van der Waals surface area contributed by atoms with E-state index < -0.39 is 28.7 Å². The minimum Gasteiger partial charge on any atom is -0.481 e. The molecule has 3 aromatic rings. The van der Waals surface area contributed by atoms with Crippen LogP contribution in [0.15, 0.2) is 54.7 Å². The summed E-state index contributed by atoms with van der Waals surface area (Å²) >= 11 is 0. The molecule has 2 aromatic carbocycles. The molecule has 36 heavy (non-hydrogen) atoms. The number of carboxylic acid groups (broad SMARTS) is 1. The van der Waals surface area contributed by atoms with Gasteiger partial charge in [0.25, 0.3) is 0 Å². The lowest BCUT2D eigenvalue weighted by atomic mass is 9.65. The van der Waals surface area contributed by atoms with Gasteiger partial charge in [0.1, 0.15) is 5.54 Å². The molecule has 2 amide bonds. The molecular weight excluding hydrogens is 456 g/mol. The first-order chi connectivity index (χ1) is 17.2. The van der Waals surface area contributed by atoms with Crippen molar-refractivity contribution in [2.24, 2.45) is 12.5 Å². The summed E-state index contributed by atoms with van der Waals surface area (Å²) in [6, 6.07) is 14.9. The second kappa shape index (κ2) is 9.86. The van der Waals surface area contributed by atoms with E-state index in [1.54, 1.807) is 36.9 Å². The van der Waals surface area contributed by atoms with E-state index >= 15 is 0 Å². The van der Waals surface area contributed by atoms with Gasteiger partial charge in [0.2, 0.25) is 5.91 Å². The number of carboxylic acids is 1. The minimum absolute atomic E-state index is 0.0296. The van der Waals surface area contributed by atoms with Gasteiger partial charge in [0.05, 0.1) is 17.1 Å². The Morgan fingerprint density at radius 1 is 1.17 bits per heavy atom. The molecule has 1 heterocycles. The Hall–Kier alpha value is -4.12. The molecule has 1 saturated carbocycles. The maximum absolute atomic E-state index is 14.0. The molecule has 1 fully saturated rings. The van der Waals surface area contributed by atoms with Crippen LogP contribution < -0.4 is 10.2 Å². The van der Waals surface area contributed by atoms with Crippen molar-refractivity contribution in [1.82, 2.24) is 15.1 Å². The SMILES string of the molecule is CC#CC(=O)N(c1ccc2c(cnn2C)c1)C1(C(=O)NCc2ccccc2)CCCC(C)(C(=O)O)C1. The van der Waals surface area contributed by atoms with E-state index in [0.717, 1.165) is 16.5 Å². The number of carbonyl (C=O) groups excluding carboxylic acids is 2. The van der Waals surface area contributed by atoms with Crippen LogP contribution in [-0.2, 0) is 28.0 Å². The zero-order valence-corrected chi connectivity index (χ0v) is 20.7. The first-order valence-corrected chi connectivity index (χ1v) is 11.9. The standard InChI is InChI=1S/C28H30N4O4/c1-4-9-24(33)32(22-12-13-23-21(16-22)18-30-31(23)3)28(15-8-14-27(2,19-28)26(35)36)25(34)29-17-20-10-6-5-7-11-20/h5-7,10-13,16,18H,8,14-15,17,19H2,1-3H3,(H,29,34)(H,35,36). The summed E-state index contributed by atoms with van der Waals surface area (Å²) in [7, 11) is 1.82. The second-order valence-electron chi connectivity index (χ2n) is 9.62. The van der Waals surface area contributed by atoms with Gasteiger partial charge in [0.15, 0.2) is 0 Å². The molecule has 0 aliphatic heterocycles. The highest BCUT2D eigenvalue weighted by Crippen LogP contribution is 2.46. The number of hydrogen-bond acceptors (Lipinski definition) is 4. The number of nitrogens with zero attached hydrogens (tertiary/aromatic N) is 3. The molecule has 1 aliphatic carbocycles. The summed E-state index contributed by atoms with van der Waals surface area (Å²) in [5.74, 6) is 3.31. The quantitative estimate of drug-likeness (QED) is 0.518. The van der Waals surface area contributed by atoms with Crippen LogP contribution in [0.25, 0.3) is 10.9 Å². The third-order valence-corrected chi connectivity index (χ3v) is 7.09. The van der Waals surface area contributed by atoms with Gasteiger partial charge in [-0.1, -0.05) is 36.3 Å². The summed E-state index contributed by atoms with van der Waals surface area (Å²) < 4.78 is 1.72. The van der Waals surface area contributed by atoms with Gasteiger partial charge in [-0.25, -0.2) is 0 Å². The number of nitrogens with one attached hydrogen (secondary N) is 1. The molecule has 186 valence electrons. The first-order valence-electron chi connectivity index (χ1n) is 11.9. The first kappa shape index (κ1) is 25.0. The molecule has 8 nitrogen and oxygen atoms in total. The highest BCUT2D eigenvalue weighted by atomic mass is 16.4. The van der Waals surface area contributed by atoms with Crippen LogP contribution in [0.5, 0.6) is 0 Å². The van der Waals surface area contributed by atoms with Crippen LogP contribution in [0.1, 0.15) is 45.1 Å². The Kier molecular flexibility index (Phi) is 6.84. The van der Waals surface area contributed by atoms with Crippen molar-refractivity contribution in [3.63, 3.8) is 0 Å². The van der Waals surface area contributed by atoms with Gasteiger partial charge in [-0.3, -0.25) is 24.0 Å². The Morgan fingerprint density at radius 3 is 2.61 bits per heavy atom. The molecular formula is C28H30N4O4. The Bertz CT molecular complexity index is 1370. The van der Waals surface area contributed by atoms with Gasteiger partial charge < -0.3 is 10.4 Å². The van der Waals surface area contributed by atoms with E-state index in [0.29, 0.717) is 24.9 Å². The predicted octanol–water partition coefficient (Wildman–Crippen LogP) is 3.65. The number of aryl methyl sites for hydroxylation is 1. The van der Waals surface area contributed by atoms with Crippen molar-refractivity contribution in [1.29, 1.82) is 0 Å². The fourth-order valence-corrected chi connectivity index (χ4v) is 5.22. The number of benzene rings is 2. The van der Waals surface area contributed by atoms with Crippen molar-refractivity contribution in [3.05, 3.63) is 60.3 Å². The van der Waals surface area contributed by atoms with E-state index in [2.05, 4.69) is 22.3 Å². The van der Waals surface area contributed by atoms with Gasteiger partial charge in [-0.2, -0.15) is 5.10 Å². The predicted molar refractivity (Wildman–Crippen MR) is 137 cm³/mol. The molecule has 1 aliphatic rings. The highest BCUT2D eigenvalue weighted by Gasteiger charge is 2.55. The smallest absolute Gasteiger partial charge is 0.309 e. The number of aromatic nitrogens is 2. The number of fused-ring (bicyclic) bond motifs is 1. The summed E-state index contributed by atoms with van der Waals surface area (Å²) in [6.07, 6.45) is 2.87. The zero-order chi connectivity index (χ0) is 25.9. The molecule has 2 atom stereocenters. The second-order valence-corrected chi connectivity index (χ2v) is 9.62. The van der Waals surface area contributed by atoms with E-state index in [1.165, 1.54) is 4.90 Å². The molecule has 8 heteroatoms. The van der Waals surface area contributed by atoms with Gasteiger partial charge >= 0.3 is 11.9 Å². The highest BCUT2D eigenvalue weighted by molar-refractivity contribution is 6.12. The molecule has 0 saturated heterocycles. The third-order valence-electron chi connectivity index (χ3n) is 7.09. The summed E-state index contributed by atoms with van der Waals surface area (Å²) in [6.45, 7) is 3.46. The lowest BCUT2D eigenvalue weighted by Gasteiger charge is -2.48. The number of hydrogen-bond donors (Lipinski definition) is 2. The van der Waals surface area contributed by atoms with Gasteiger partial charge in [-0.05, 0) is 69.2 Å². The molecule has 0 radical (unpaired) electrons. The van der Waals surface area contributed by atoms with Crippen molar-refractivity contribution in [2.75, 3.05) is 4.90 Å². The zero-order valence-electron chi connectivity index (χ0n) is 20.7. The minimum atomic E-state index is -1.43. The molecule has 0 spiro atoms. The van der Waals surface area contributed by atoms with Crippen LogP contribution in [0.2, 0.25) is 0 Å². The van der Waals surface area contributed by atoms with Crippen LogP contribution in [0.3, 0.4) is 0 Å². The molecule has 1 aromatic heterocycles. The van der Waals surface area contributed by atoms with E-state index in [-0.39, 0.29) is 13.0 Å². The van der Waals surface area contributed by atoms with Crippen LogP contribution >= 0.6 is 0 Å². The fourth-order valence-electron chi connectivity index (χ4n) is 5.22. The topological polar surface area (TPSA) is 105 Å². The Balaban J connectivity index is 1.84. The van der Waals surface area contributed by atoms with E-state index in [9.17, 15) is 19.5 Å². The number of amides is 2. The van der Waals surface area contributed by atoms with Crippen molar-refractivity contribution >= 4 is 34.4 Å². The molecule has 0 bridgehead atoms. The van der Waals surface area contributed by atoms with E-state index in [4.69, 9.17) is 0 Å². The molecule has 4 rings (SSSR count). The number of carbonyl (C=O) groups is 3. The van der Waals surface area contributed by atoms with Crippen LogP contribution in [0.4, 0.5) is 5.69 Å². The molecule has 2 unspecified atom stereocenters. The molecule has 2 N–H and O–H groups in total. The van der Waals surface area contributed by atoms with Crippen molar-refractivity contribution in [3.8, 4) is 11.8 Å². The van der Waals surface area contributed by atoms with Gasteiger partial charge in [-0.15, -0.1) is 0 Å². The fraction of sp³-hybridized carbons (Fsp3) is 0.357. The Morgan fingerprint density at radius 2 is 1.92 bits per heavy atom.